The number of aromatic nitrogens is 1. The Labute approximate surface area is 77.3 Å². The summed E-state index contributed by atoms with van der Waals surface area (Å²) in [6.07, 6.45) is 1.74. The summed E-state index contributed by atoms with van der Waals surface area (Å²) in [5.74, 6) is 0.665. The molecule has 0 aliphatic carbocycles. The van der Waals surface area contributed by atoms with Gasteiger partial charge in [-0.15, -0.1) is 11.3 Å². The van der Waals surface area contributed by atoms with E-state index in [2.05, 4.69) is 18.8 Å². The van der Waals surface area contributed by atoms with Gasteiger partial charge in [0.15, 0.2) is 0 Å². The molecule has 12 heavy (non-hydrogen) atoms. The van der Waals surface area contributed by atoms with Gasteiger partial charge in [-0.25, -0.2) is 4.98 Å². The molecule has 0 unspecified atom stereocenters. The minimum atomic E-state index is 0.199. The van der Waals surface area contributed by atoms with Crippen molar-refractivity contribution in [1.82, 2.24) is 4.98 Å². The maximum Gasteiger partial charge on any atom is 0.0930 e. The quantitative estimate of drug-likeness (QED) is 0.777. The Bertz CT molecular complexity index is 232. The average molecular weight is 185 g/mol. The van der Waals surface area contributed by atoms with Crippen molar-refractivity contribution in [2.75, 3.05) is 6.61 Å². The van der Waals surface area contributed by atoms with Crippen molar-refractivity contribution in [2.24, 2.45) is 5.92 Å². The molecule has 0 amide bonds. The Morgan fingerprint density at radius 1 is 1.58 bits per heavy atom. The third-order valence-electron chi connectivity index (χ3n) is 1.55. The van der Waals surface area contributed by atoms with Gasteiger partial charge in [-0.05, 0) is 5.92 Å². The first-order valence-corrected chi connectivity index (χ1v) is 5.14. The van der Waals surface area contributed by atoms with Gasteiger partial charge in [-0.3, -0.25) is 0 Å². The van der Waals surface area contributed by atoms with Crippen molar-refractivity contribution in [1.29, 1.82) is 0 Å². The fourth-order valence-corrected chi connectivity index (χ4v) is 2.06. The molecule has 0 aliphatic heterocycles. The molecule has 0 aromatic carbocycles. The first-order valence-electron chi connectivity index (χ1n) is 4.26. The predicted octanol–water partition coefficient (Wildman–Crippen LogP) is 1.88. The van der Waals surface area contributed by atoms with E-state index in [1.165, 1.54) is 5.01 Å². The fraction of sp³-hybridized carbons (Fsp3) is 0.667. The molecule has 1 aromatic heterocycles. The summed E-state index contributed by atoms with van der Waals surface area (Å²) in [4.78, 5) is 4.40. The lowest BCUT2D eigenvalue weighted by molar-refractivity contribution is 0.298. The van der Waals surface area contributed by atoms with Crippen LogP contribution in [-0.2, 0) is 12.8 Å². The second-order valence-corrected chi connectivity index (χ2v) is 4.25. The molecular weight excluding hydrogens is 170 g/mol. The molecule has 1 N–H and O–H groups in total. The Morgan fingerprint density at radius 2 is 2.33 bits per heavy atom. The van der Waals surface area contributed by atoms with E-state index in [1.807, 2.05) is 5.38 Å². The summed E-state index contributed by atoms with van der Waals surface area (Å²) in [6, 6.07) is 0. The van der Waals surface area contributed by atoms with Crippen molar-refractivity contribution >= 4 is 11.3 Å². The number of hydrogen-bond donors (Lipinski definition) is 1. The Morgan fingerprint density at radius 3 is 2.92 bits per heavy atom. The van der Waals surface area contributed by atoms with Crippen molar-refractivity contribution in [2.45, 2.75) is 26.7 Å². The molecule has 68 valence electrons. The fourth-order valence-electron chi connectivity index (χ4n) is 1.02. The topological polar surface area (TPSA) is 33.1 Å². The number of aliphatic hydroxyl groups is 1. The van der Waals surface area contributed by atoms with Gasteiger partial charge in [0.1, 0.15) is 0 Å². The zero-order valence-electron chi connectivity index (χ0n) is 7.58. The zero-order chi connectivity index (χ0) is 8.97. The normalized spacial score (nSPS) is 11.0. The van der Waals surface area contributed by atoms with Gasteiger partial charge >= 0.3 is 0 Å². The predicted molar refractivity (Wildman–Crippen MR) is 51.4 cm³/mol. The van der Waals surface area contributed by atoms with Gasteiger partial charge in [-0.1, -0.05) is 13.8 Å². The van der Waals surface area contributed by atoms with Crippen LogP contribution in [0.2, 0.25) is 0 Å². The van der Waals surface area contributed by atoms with Crippen molar-refractivity contribution in [3.63, 3.8) is 0 Å². The highest BCUT2D eigenvalue weighted by Gasteiger charge is 2.03. The highest BCUT2D eigenvalue weighted by Crippen LogP contribution is 2.14. The zero-order valence-corrected chi connectivity index (χ0v) is 8.40. The molecule has 3 heteroatoms. The SMILES string of the molecule is CC(C)Cc1nc(CCO)cs1. The summed E-state index contributed by atoms with van der Waals surface area (Å²) in [7, 11) is 0. The lowest BCUT2D eigenvalue weighted by Gasteiger charge is -1.98. The third-order valence-corrected chi connectivity index (χ3v) is 2.47. The Kier molecular flexibility index (Phi) is 3.69. The summed E-state index contributed by atoms with van der Waals surface area (Å²) >= 11 is 1.70. The van der Waals surface area contributed by atoms with Gasteiger partial charge in [0.2, 0.25) is 0 Å². The molecule has 1 aromatic rings. The maximum atomic E-state index is 8.68. The van der Waals surface area contributed by atoms with Gasteiger partial charge in [0.25, 0.3) is 0 Å². The number of thiazole rings is 1. The molecule has 0 aliphatic rings. The number of hydrogen-bond acceptors (Lipinski definition) is 3. The molecule has 1 rings (SSSR count). The van der Waals surface area contributed by atoms with Crippen LogP contribution in [0.5, 0.6) is 0 Å². The molecule has 0 radical (unpaired) electrons. The van der Waals surface area contributed by atoms with E-state index in [1.54, 1.807) is 11.3 Å². The smallest absolute Gasteiger partial charge is 0.0930 e. The standard InChI is InChI=1S/C9H15NOS/c1-7(2)5-9-10-8(3-4-11)6-12-9/h6-7,11H,3-5H2,1-2H3. The van der Waals surface area contributed by atoms with Gasteiger partial charge in [0, 0.05) is 24.8 Å². The van der Waals surface area contributed by atoms with Crippen LogP contribution >= 0.6 is 11.3 Å². The molecule has 0 saturated carbocycles. The van der Waals surface area contributed by atoms with E-state index in [0.29, 0.717) is 12.3 Å². The largest absolute Gasteiger partial charge is 0.396 e. The van der Waals surface area contributed by atoms with Crippen molar-refractivity contribution in [3.05, 3.63) is 16.1 Å². The van der Waals surface area contributed by atoms with E-state index in [4.69, 9.17) is 5.11 Å². The van der Waals surface area contributed by atoms with E-state index in [9.17, 15) is 0 Å². The minimum absolute atomic E-state index is 0.199. The summed E-state index contributed by atoms with van der Waals surface area (Å²) < 4.78 is 0. The maximum absolute atomic E-state index is 8.68. The van der Waals surface area contributed by atoms with Crippen LogP contribution in [0.4, 0.5) is 0 Å². The summed E-state index contributed by atoms with van der Waals surface area (Å²) in [5.41, 5.74) is 1.03. The van der Waals surface area contributed by atoms with Gasteiger partial charge in [-0.2, -0.15) is 0 Å². The molecule has 1 heterocycles. The van der Waals surface area contributed by atoms with Gasteiger partial charge < -0.3 is 5.11 Å². The Balaban J connectivity index is 2.52. The second-order valence-electron chi connectivity index (χ2n) is 3.30. The molecule has 2 nitrogen and oxygen atoms in total. The van der Waals surface area contributed by atoms with E-state index >= 15 is 0 Å². The summed E-state index contributed by atoms with van der Waals surface area (Å²) in [5, 5.41) is 11.9. The van der Waals surface area contributed by atoms with E-state index < -0.39 is 0 Å². The van der Waals surface area contributed by atoms with E-state index in [-0.39, 0.29) is 6.61 Å². The van der Waals surface area contributed by atoms with Crippen LogP contribution in [-0.4, -0.2) is 16.7 Å². The van der Waals surface area contributed by atoms with Gasteiger partial charge in [0.05, 0.1) is 10.7 Å². The highest BCUT2D eigenvalue weighted by molar-refractivity contribution is 7.09. The van der Waals surface area contributed by atoms with Crippen LogP contribution < -0.4 is 0 Å². The van der Waals surface area contributed by atoms with Crippen LogP contribution in [0.15, 0.2) is 5.38 Å². The van der Waals surface area contributed by atoms with Crippen LogP contribution in [0, 0.1) is 5.92 Å². The lowest BCUT2D eigenvalue weighted by atomic mass is 10.1. The molecule has 0 saturated heterocycles. The number of rotatable bonds is 4. The Hall–Kier alpha value is -0.410. The second kappa shape index (κ2) is 4.58. The van der Waals surface area contributed by atoms with Crippen LogP contribution in [0.3, 0.4) is 0 Å². The molecule has 0 atom stereocenters. The molecule has 0 spiro atoms. The van der Waals surface area contributed by atoms with Crippen molar-refractivity contribution in [3.8, 4) is 0 Å². The third kappa shape index (κ3) is 2.91. The van der Waals surface area contributed by atoms with Crippen molar-refractivity contribution < 1.29 is 5.11 Å². The molecule has 0 bridgehead atoms. The number of aliphatic hydroxyl groups excluding tert-OH is 1. The first kappa shape index (κ1) is 9.68. The monoisotopic (exact) mass is 185 g/mol. The first-order chi connectivity index (χ1) is 5.72. The molecular formula is C9H15NOS. The minimum Gasteiger partial charge on any atom is -0.396 e. The van der Waals surface area contributed by atoms with E-state index in [0.717, 1.165) is 12.1 Å². The number of nitrogens with zero attached hydrogens (tertiary/aromatic N) is 1. The van der Waals surface area contributed by atoms with Crippen LogP contribution in [0.1, 0.15) is 24.5 Å². The van der Waals surface area contributed by atoms with Crippen LogP contribution in [0.25, 0.3) is 0 Å². The average Bonchev–Trinajstić information content (AvgIpc) is 2.36. The summed E-state index contributed by atoms with van der Waals surface area (Å²) in [6.45, 7) is 4.57. The lowest BCUT2D eigenvalue weighted by Crippen LogP contribution is -1.95. The molecule has 0 fully saturated rings. The highest BCUT2D eigenvalue weighted by atomic mass is 32.1.